The van der Waals surface area contributed by atoms with Crippen molar-refractivity contribution >= 4 is 27.2 Å². The van der Waals surface area contributed by atoms with E-state index in [4.69, 9.17) is 0 Å². The number of hydrogen-bond donors (Lipinski definition) is 1. The quantitative estimate of drug-likeness (QED) is 0.478. The van der Waals surface area contributed by atoms with Crippen LogP contribution in [0.5, 0.6) is 0 Å². The molecule has 23 heavy (non-hydrogen) atoms. The van der Waals surface area contributed by atoms with Crippen molar-refractivity contribution in [2.45, 2.75) is 18.2 Å². The predicted octanol–water partition coefficient (Wildman–Crippen LogP) is 0.832. The fourth-order valence-corrected chi connectivity index (χ4v) is 2.18. The molecular weight excluding hydrogens is 325 g/mol. The second kappa shape index (κ2) is 9.14. The van der Waals surface area contributed by atoms with Crippen molar-refractivity contribution in [1.29, 1.82) is 0 Å². The Hall–Kier alpha value is -1.25. The molecule has 6 nitrogen and oxygen atoms in total. The third kappa shape index (κ3) is 6.40. The van der Waals surface area contributed by atoms with Gasteiger partial charge >= 0.3 is 29.6 Å². The van der Waals surface area contributed by atoms with Gasteiger partial charge in [0, 0.05) is 12.2 Å². The fraction of sp³-hybridized carbons (Fsp3) is 0.200. The Bertz CT molecular complexity index is 745. The summed E-state index contributed by atoms with van der Waals surface area (Å²) in [6, 6.07) is 12.8. The van der Waals surface area contributed by atoms with Crippen molar-refractivity contribution in [3.8, 4) is 0 Å². The summed E-state index contributed by atoms with van der Waals surface area (Å²) in [5.41, 5.74) is 2.17. The predicted molar refractivity (Wildman–Crippen MR) is 83.8 cm³/mol. The molecule has 0 aromatic heterocycles. The zero-order valence-corrected chi connectivity index (χ0v) is 15.9. The molecule has 0 spiro atoms. The average molecular weight is 341 g/mol. The molecule has 0 heterocycles. The molecule has 0 bridgehead atoms. The van der Waals surface area contributed by atoms with Crippen molar-refractivity contribution in [3.63, 3.8) is 0 Å². The fourth-order valence-electron chi connectivity index (χ4n) is 1.71. The molecule has 0 aliphatic heterocycles. The van der Waals surface area contributed by atoms with E-state index in [1.165, 1.54) is 24.3 Å². The van der Waals surface area contributed by atoms with Crippen LogP contribution in [0.3, 0.4) is 0 Å². The SMILES string of the molecule is CCCNc1ccc(N=Nc2ccc(S(=O)(=O)[O-])cc2)cc1.[Na+]. The summed E-state index contributed by atoms with van der Waals surface area (Å²) in [7, 11) is -4.43. The molecular formula is C15H16N3NaO3S. The Kier molecular flexibility index (Phi) is 7.87. The molecule has 1 N–H and O–H groups in total. The molecule has 0 atom stereocenters. The average Bonchev–Trinajstić information content (AvgIpc) is 2.51. The maximum Gasteiger partial charge on any atom is 1.00 e. The Balaban J connectivity index is 0.00000264. The van der Waals surface area contributed by atoms with Gasteiger partial charge in [0.15, 0.2) is 0 Å². The number of hydrogen-bond acceptors (Lipinski definition) is 6. The molecule has 2 aromatic rings. The molecule has 0 aliphatic carbocycles. The van der Waals surface area contributed by atoms with Crippen LogP contribution in [0.2, 0.25) is 0 Å². The molecule has 0 fully saturated rings. The Morgan fingerprint density at radius 3 is 1.87 bits per heavy atom. The minimum absolute atomic E-state index is 0. The van der Waals surface area contributed by atoms with Gasteiger partial charge in [-0.1, -0.05) is 6.92 Å². The van der Waals surface area contributed by atoms with E-state index in [1.807, 2.05) is 24.3 Å². The number of nitrogens with one attached hydrogen (secondary N) is 1. The smallest absolute Gasteiger partial charge is 0.744 e. The van der Waals surface area contributed by atoms with E-state index in [1.54, 1.807) is 0 Å². The number of rotatable bonds is 6. The Morgan fingerprint density at radius 1 is 0.957 bits per heavy atom. The van der Waals surface area contributed by atoms with Gasteiger partial charge in [-0.05, 0) is 55.0 Å². The van der Waals surface area contributed by atoms with Gasteiger partial charge in [-0.3, -0.25) is 0 Å². The van der Waals surface area contributed by atoms with Crippen molar-refractivity contribution < 1.29 is 42.5 Å². The van der Waals surface area contributed by atoms with E-state index < -0.39 is 10.1 Å². The van der Waals surface area contributed by atoms with Crippen LogP contribution in [0.4, 0.5) is 17.1 Å². The van der Waals surface area contributed by atoms with Crippen molar-refractivity contribution in [1.82, 2.24) is 0 Å². The van der Waals surface area contributed by atoms with Crippen LogP contribution in [0.25, 0.3) is 0 Å². The van der Waals surface area contributed by atoms with Gasteiger partial charge < -0.3 is 9.87 Å². The zero-order valence-electron chi connectivity index (χ0n) is 13.1. The molecule has 0 amide bonds. The number of nitrogens with zero attached hydrogens (tertiary/aromatic N) is 2. The third-order valence-electron chi connectivity index (χ3n) is 2.85. The maximum absolute atomic E-state index is 10.8. The van der Waals surface area contributed by atoms with Crippen molar-refractivity contribution in [3.05, 3.63) is 48.5 Å². The standard InChI is InChI=1S/C15H17N3O3S.Na/c1-2-11-16-12-3-5-13(6-4-12)17-18-14-7-9-15(10-8-14)22(19,20)21;/h3-10,16H,2,11H2,1H3,(H,19,20,21);/q;+1/p-1. The molecule has 116 valence electrons. The molecule has 2 aromatic carbocycles. The number of anilines is 1. The summed E-state index contributed by atoms with van der Waals surface area (Å²) in [5, 5.41) is 11.3. The first-order chi connectivity index (χ1) is 10.5. The van der Waals surface area contributed by atoms with Crippen LogP contribution in [0.15, 0.2) is 63.7 Å². The Morgan fingerprint density at radius 2 is 1.43 bits per heavy atom. The van der Waals surface area contributed by atoms with Crippen LogP contribution < -0.4 is 34.9 Å². The van der Waals surface area contributed by atoms with Gasteiger partial charge in [0.2, 0.25) is 0 Å². The minimum Gasteiger partial charge on any atom is -0.744 e. The van der Waals surface area contributed by atoms with Crippen LogP contribution >= 0.6 is 0 Å². The second-order valence-corrected chi connectivity index (χ2v) is 6.00. The van der Waals surface area contributed by atoms with E-state index in [9.17, 15) is 13.0 Å². The third-order valence-corrected chi connectivity index (χ3v) is 3.70. The first-order valence-corrected chi connectivity index (χ1v) is 8.21. The van der Waals surface area contributed by atoms with Crippen LogP contribution in [0, 0.1) is 0 Å². The number of azo groups is 1. The normalized spacial score (nSPS) is 11.2. The summed E-state index contributed by atoms with van der Waals surface area (Å²) < 4.78 is 32.4. The minimum atomic E-state index is -4.43. The second-order valence-electron chi connectivity index (χ2n) is 4.62. The first kappa shape index (κ1) is 19.8. The summed E-state index contributed by atoms with van der Waals surface area (Å²) in [6.07, 6.45) is 1.05. The van der Waals surface area contributed by atoms with E-state index in [0.29, 0.717) is 11.4 Å². The van der Waals surface area contributed by atoms with Gasteiger partial charge in [0.25, 0.3) is 0 Å². The van der Waals surface area contributed by atoms with Gasteiger partial charge in [-0.2, -0.15) is 10.2 Å². The molecule has 0 saturated carbocycles. The topological polar surface area (TPSA) is 94.0 Å². The summed E-state index contributed by atoms with van der Waals surface area (Å²) in [6.45, 7) is 3.01. The van der Waals surface area contributed by atoms with Crippen LogP contribution in [-0.2, 0) is 10.1 Å². The molecule has 8 heteroatoms. The van der Waals surface area contributed by atoms with E-state index in [2.05, 4.69) is 22.5 Å². The summed E-state index contributed by atoms with van der Waals surface area (Å²) in [4.78, 5) is -0.280. The summed E-state index contributed by atoms with van der Waals surface area (Å²) in [5.74, 6) is 0. The van der Waals surface area contributed by atoms with E-state index in [0.717, 1.165) is 18.7 Å². The van der Waals surface area contributed by atoms with Crippen molar-refractivity contribution in [2.24, 2.45) is 10.2 Å². The van der Waals surface area contributed by atoms with Crippen LogP contribution in [-0.4, -0.2) is 19.5 Å². The van der Waals surface area contributed by atoms with Crippen LogP contribution in [0.1, 0.15) is 13.3 Å². The largest absolute Gasteiger partial charge is 1.00 e. The van der Waals surface area contributed by atoms with Gasteiger partial charge in [-0.25, -0.2) is 8.42 Å². The molecule has 0 unspecified atom stereocenters. The van der Waals surface area contributed by atoms with E-state index >= 15 is 0 Å². The van der Waals surface area contributed by atoms with E-state index in [-0.39, 0.29) is 34.5 Å². The number of benzene rings is 2. The van der Waals surface area contributed by atoms with Gasteiger partial charge in [0.05, 0.1) is 16.3 Å². The molecule has 0 saturated heterocycles. The first-order valence-electron chi connectivity index (χ1n) is 6.80. The molecule has 0 radical (unpaired) electrons. The molecule has 0 aliphatic rings. The van der Waals surface area contributed by atoms with Gasteiger partial charge in [0.1, 0.15) is 10.1 Å². The van der Waals surface area contributed by atoms with Gasteiger partial charge in [-0.15, -0.1) is 0 Å². The zero-order chi connectivity index (χ0) is 16.0. The maximum atomic E-state index is 10.8. The summed E-state index contributed by atoms with van der Waals surface area (Å²) >= 11 is 0. The van der Waals surface area contributed by atoms with Crippen molar-refractivity contribution in [2.75, 3.05) is 11.9 Å². The monoisotopic (exact) mass is 341 g/mol. The Labute approximate surface area is 158 Å². The molecule has 2 rings (SSSR count).